The summed E-state index contributed by atoms with van der Waals surface area (Å²) in [6.07, 6.45) is 0.0774. The van der Waals surface area contributed by atoms with Crippen LogP contribution in [-0.4, -0.2) is 31.7 Å². The zero-order valence-corrected chi connectivity index (χ0v) is 10.7. The van der Waals surface area contributed by atoms with Crippen LogP contribution in [0.15, 0.2) is 24.3 Å². The zero-order valence-electron chi connectivity index (χ0n) is 10.7. The molecule has 1 aromatic carbocycles. The normalized spacial score (nSPS) is 12.2. The van der Waals surface area contributed by atoms with Crippen LogP contribution in [0.2, 0.25) is 0 Å². The van der Waals surface area contributed by atoms with Crippen molar-refractivity contribution in [1.82, 2.24) is 5.32 Å². The van der Waals surface area contributed by atoms with Gasteiger partial charge in [0, 0.05) is 18.8 Å². The molecule has 0 saturated carbocycles. The number of halogens is 1. The molecule has 1 aromatic rings. The van der Waals surface area contributed by atoms with Gasteiger partial charge in [-0.25, -0.2) is 4.39 Å². The minimum absolute atomic E-state index is 0.0774. The van der Waals surface area contributed by atoms with E-state index in [0.717, 1.165) is 0 Å². The Morgan fingerprint density at radius 2 is 2.06 bits per heavy atom. The first kappa shape index (κ1) is 14.6. The van der Waals surface area contributed by atoms with Crippen molar-refractivity contribution in [3.63, 3.8) is 0 Å². The van der Waals surface area contributed by atoms with Crippen molar-refractivity contribution in [2.45, 2.75) is 20.0 Å². The Bertz CT molecular complexity index is 368. The van der Waals surface area contributed by atoms with Gasteiger partial charge in [0.25, 0.3) is 0 Å². The van der Waals surface area contributed by atoms with Crippen molar-refractivity contribution in [2.75, 3.05) is 25.0 Å². The molecule has 0 radical (unpaired) electrons. The van der Waals surface area contributed by atoms with Crippen molar-refractivity contribution >= 4 is 11.6 Å². The van der Waals surface area contributed by atoms with E-state index in [1.807, 2.05) is 13.8 Å². The summed E-state index contributed by atoms with van der Waals surface area (Å²) >= 11 is 0. The third-order valence-corrected chi connectivity index (χ3v) is 2.30. The maximum Gasteiger partial charge on any atom is 0.238 e. The average Bonchev–Trinajstić information content (AvgIpc) is 2.32. The highest BCUT2D eigenvalue weighted by Crippen LogP contribution is 2.07. The molecule has 0 fully saturated rings. The highest BCUT2D eigenvalue weighted by molar-refractivity contribution is 5.92. The zero-order chi connectivity index (χ0) is 13.4. The molecular formula is C13H19FN2O2. The highest BCUT2D eigenvalue weighted by atomic mass is 19.1. The molecule has 100 valence electrons. The predicted molar refractivity (Wildman–Crippen MR) is 69.0 cm³/mol. The van der Waals surface area contributed by atoms with E-state index in [0.29, 0.717) is 18.8 Å². The van der Waals surface area contributed by atoms with E-state index in [9.17, 15) is 9.18 Å². The summed E-state index contributed by atoms with van der Waals surface area (Å²) in [4.78, 5) is 11.5. The Morgan fingerprint density at radius 1 is 1.39 bits per heavy atom. The summed E-state index contributed by atoms with van der Waals surface area (Å²) in [7, 11) is 0. The molecule has 1 rings (SSSR count). The van der Waals surface area contributed by atoms with E-state index >= 15 is 0 Å². The fraction of sp³-hybridized carbons (Fsp3) is 0.462. The molecule has 0 aliphatic rings. The number of benzene rings is 1. The van der Waals surface area contributed by atoms with Crippen LogP contribution >= 0.6 is 0 Å². The van der Waals surface area contributed by atoms with Crippen LogP contribution in [-0.2, 0) is 9.53 Å². The molecule has 0 spiro atoms. The van der Waals surface area contributed by atoms with Crippen LogP contribution in [0.25, 0.3) is 0 Å². The van der Waals surface area contributed by atoms with E-state index in [4.69, 9.17) is 4.74 Å². The van der Waals surface area contributed by atoms with E-state index in [1.54, 1.807) is 0 Å². The number of hydrogen-bond acceptors (Lipinski definition) is 3. The molecule has 0 aliphatic heterocycles. The van der Waals surface area contributed by atoms with Gasteiger partial charge < -0.3 is 15.4 Å². The summed E-state index contributed by atoms with van der Waals surface area (Å²) in [5.74, 6) is -0.484. The van der Waals surface area contributed by atoms with Gasteiger partial charge >= 0.3 is 0 Å². The molecule has 18 heavy (non-hydrogen) atoms. The number of rotatable bonds is 7. The van der Waals surface area contributed by atoms with Gasteiger partial charge in [0.1, 0.15) is 5.82 Å². The average molecular weight is 254 g/mol. The fourth-order valence-corrected chi connectivity index (χ4v) is 1.47. The van der Waals surface area contributed by atoms with Crippen molar-refractivity contribution in [3.05, 3.63) is 30.1 Å². The molecule has 1 atom stereocenters. The number of amides is 1. The molecule has 0 saturated heterocycles. The third kappa shape index (κ3) is 5.75. The highest BCUT2D eigenvalue weighted by Gasteiger charge is 2.04. The second-order valence-electron chi connectivity index (χ2n) is 3.95. The lowest BCUT2D eigenvalue weighted by atomic mass is 10.3. The van der Waals surface area contributed by atoms with Gasteiger partial charge in [-0.2, -0.15) is 0 Å². The minimum atomic E-state index is -0.323. The first-order chi connectivity index (χ1) is 8.61. The predicted octanol–water partition coefficient (Wildman–Crippen LogP) is 1.78. The van der Waals surface area contributed by atoms with Crippen molar-refractivity contribution in [3.8, 4) is 0 Å². The van der Waals surface area contributed by atoms with E-state index in [-0.39, 0.29) is 24.4 Å². The largest absolute Gasteiger partial charge is 0.377 e. The van der Waals surface area contributed by atoms with Crippen LogP contribution in [0.5, 0.6) is 0 Å². The lowest BCUT2D eigenvalue weighted by Crippen LogP contribution is -2.33. The summed E-state index contributed by atoms with van der Waals surface area (Å²) in [6.45, 7) is 5.34. The SMILES string of the molecule is CCOC(C)CNCC(=O)Nc1ccc(F)cc1. The van der Waals surface area contributed by atoms with Gasteiger partial charge in [-0.1, -0.05) is 0 Å². The first-order valence-electron chi connectivity index (χ1n) is 5.99. The second kappa shape index (κ2) is 7.79. The first-order valence-corrected chi connectivity index (χ1v) is 5.99. The van der Waals surface area contributed by atoms with Gasteiger partial charge in [0.05, 0.1) is 12.6 Å². The number of carbonyl (C=O) groups is 1. The number of ether oxygens (including phenoxy) is 1. The van der Waals surface area contributed by atoms with E-state index in [2.05, 4.69) is 10.6 Å². The monoisotopic (exact) mass is 254 g/mol. The van der Waals surface area contributed by atoms with Gasteiger partial charge in [-0.3, -0.25) is 4.79 Å². The van der Waals surface area contributed by atoms with Crippen LogP contribution in [0.3, 0.4) is 0 Å². The standard InChI is InChI=1S/C13H19FN2O2/c1-3-18-10(2)8-15-9-13(17)16-12-6-4-11(14)5-7-12/h4-7,10,15H,3,8-9H2,1-2H3,(H,16,17). The molecule has 0 heterocycles. The Kier molecular flexibility index (Phi) is 6.32. The topological polar surface area (TPSA) is 50.4 Å². The van der Waals surface area contributed by atoms with Crippen molar-refractivity contribution in [2.24, 2.45) is 0 Å². The molecule has 2 N–H and O–H groups in total. The summed E-state index contributed by atoms with van der Waals surface area (Å²) in [6, 6.07) is 5.66. The minimum Gasteiger partial charge on any atom is -0.377 e. The molecule has 0 aliphatic carbocycles. The molecule has 1 amide bonds. The number of anilines is 1. The van der Waals surface area contributed by atoms with Gasteiger partial charge in [-0.15, -0.1) is 0 Å². The van der Waals surface area contributed by atoms with Gasteiger partial charge in [-0.05, 0) is 38.1 Å². The Labute approximate surface area is 107 Å². The molecule has 0 bridgehead atoms. The van der Waals surface area contributed by atoms with E-state index in [1.165, 1.54) is 24.3 Å². The van der Waals surface area contributed by atoms with Crippen molar-refractivity contribution in [1.29, 1.82) is 0 Å². The fourth-order valence-electron chi connectivity index (χ4n) is 1.47. The van der Waals surface area contributed by atoms with E-state index < -0.39 is 0 Å². The smallest absolute Gasteiger partial charge is 0.238 e. The number of carbonyl (C=O) groups excluding carboxylic acids is 1. The maximum absolute atomic E-state index is 12.6. The molecule has 1 unspecified atom stereocenters. The second-order valence-corrected chi connectivity index (χ2v) is 3.95. The quantitative estimate of drug-likeness (QED) is 0.780. The van der Waals surface area contributed by atoms with Crippen molar-refractivity contribution < 1.29 is 13.9 Å². The van der Waals surface area contributed by atoms with Gasteiger partial charge in [0.2, 0.25) is 5.91 Å². The molecule has 0 aromatic heterocycles. The lowest BCUT2D eigenvalue weighted by Gasteiger charge is -2.12. The Morgan fingerprint density at radius 3 is 2.67 bits per heavy atom. The summed E-state index contributed by atoms with van der Waals surface area (Å²) in [5, 5.41) is 5.66. The van der Waals surface area contributed by atoms with Gasteiger partial charge in [0.15, 0.2) is 0 Å². The van der Waals surface area contributed by atoms with Crippen LogP contribution < -0.4 is 10.6 Å². The summed E-state index contributed by atoms with van der Waals surface area (Å²) < 4.78 is 18.0. The summed E-state index contributed by atoms with van der Waals surface area (Å²) in [5.41, 5.74) is 0.584. The number of nitrogens with one attached hydrogen (secondary N) is 2. The molecular weight excluding hydrogens is 235 g/mol. The Hall–Kier alpha value is -1.46. The van der Waals surface area contributed by atoms with Crippen LogP contribution in [0.4, 0.5) is 10.1 Å². The van der Waals surface area contributed by atoms with Crippen LogP contribution in [0, 0.1) is 5.82 Å². The molecule has 4 nitrogen and oxygen atoms in total. The Balaban J connectivity index is 2.23. The van der Waals surface area contributed by atoms with Crippen LogP contribution in [0.1, 0.15) is 13.8 Å². The third-order valence-electron chi connectivity index (χ3n) is 2.30. The maximum atomic E-state index is 12.6. The molecule has 5 heteroatoms. The number of hydrogen-bond donors (Lipinski definition) is 2. The lowest BCUT2D eigenvalue weighted by molar-refractivity contribution is -0.115.